The minimum absolute atomic E-state index is 0.0423. The summed E-state index contributed by atoms with van der Waals surface area (Å²) < 4.78 is 27.5. The van der Waals surface area contributed by atoms with Gasteiger partial charge in [0.2, 0.25) is 0 Å². The summed E-state index contributed by atoms with van der Waals surface area (Å²) in [5, 5.41) is 41.9. The van der Waals surface area contributed by atoms with Gasteiger partial charge in [0.25, 0.3) is 5.56 Å². The van der Waals surface area contributed by atoms with Crippen LogP contribution in [0.25, 0.3) is 22.3 Å². The number of anilines is 1. The predicted octanol–water partition coefficient (Wildman–Crippen LogP) is -1.96. The molecule has 0 bridgehead atoms. The predicted molar refractivity (Wildman–Crippen MR) is 138 cm³/mol. The highest BCUT2D eigenvalue weighted by atomic mass is 31.2. The number of nitrogens with two attached hydrogens (primary N) is 1. The number of aromatic nitrogens is 8. The summed E-state index contributed by atoms with van der Waals surface area (Å²) in [6.45, 7) is -0.408. The average Bonchev–Trinajstić information content (AvgIpc) is 3.70. The molecule has 18 nitrogen and oxygen atoms in total. The average molecular weight is 593 g/mol. The van der Waals surface area contributed by atoms with Gasteiger partial charge in [-0.05, 0) is 12.8 Å². The molecule has 19 heteroatoms. The van der Waals surface area contributed by atoms with Crippen LogP contribution < -0.4 is 11.3 Å². The fourth-order valence-corrected chi connectivity index (χ4v) is 6.89. The molecule has 2 fully saturated rings. The van der Waals surface area contributed by atoms with E-state index in [2.05, 4.69) is 29.9 Å². The van der Waals surface area contributed by atoms with E-state index in [1.807, 2.05) is 0 Å². The Balaban J connectivity index is 1.18. The summed E-state index contributed by atoms with van der Waals surface area (Å²) in [4.78, 5) is 45.6. The molecule has 0 amide bonds. The molecule has 1 saturated heterocycles. The van der Waals surface area contributed by atoms with Crippen molar-refractivity contribution in [1.82, 2.24) is 39.0 Å². The molecule has 5 unspecified atom stereocenters. The van der Waals surface area contributed by atoms with E-state index in [9.17, 15) is 34.7 Å². The topological polar surface area (TPSA) is 270 Å². The van der Waals surface area contributed by atoms with Crippen molar-refractivity contribution in [3.63, 3.8) is 0 Å². The van der Waals surface area contributed by atoms with Crippen LogP contribution in [0.3, 0.4) is 0 Å². The van der Waals surface area contributed by atoms with Crippen molar-refractivity contribution in [2.45, 2.75) is 55.6 Å². The normalized spacial score (nSPS) is 31.7. The highest BCUT2D eigenvalue weighted by Gasteiger charge is 2.49. The Hall–Kier alpha value is -3.35. The Morgan fingerprint density at radius 1 is 1.05 bits per heavy atom. The molecule has 0 aromatic carbocycles. The maximum atomic E-state index is 13.2. The van der Waals surface area contributed by atoms with E-state index in [-0.39, 0.29) is 41.0 Å². The van der Waals surface area contributed by atoms with Crippen molar-refractivity contribution in [1.29, 1.82) is 0 Å². The van der Waals surface area contributed by atoms with Gasteiger partial charge in [-0.15, -0.1) is 0 Å². The highest BCUT2D eigenvalue weighted by Crippen LogP contribution is 2.51. The lowest BCUT2D eigenvalue weighted by atomic mass is 10.1. The van der Waals surface area contributed by atoms with E-state index < -0.39 is 74.6 Å². The molecule has 4 aromatic heterocycles. The Labute approximate surface area is 230 Å². The molecular weight excluding hydrogens is 565 g/mol. The summed E-state index contributed by atoms with van der Waals surface area (Å²) in [6.07, 6.45) is -3.01. The van der Waals surface area contributed by atoms with Gasteiger partial charge in [0.1, 0.15) is 30.2 Å². The fraction of sp³-hybridized carbons (Fsp3) is 0.545. The molecule has 0 radical (unpaired) electrons. The maximum absolute atomic E-state index is 13.2. The fourth-order valence-electron chi connectivity index (χ4n) is 5.56. The first-order valence-corrected chi connectivity index (χ1v) is 14.5. The molecule has 1 aliphatic carbocycles. The minimum Gasteiger partial charge on any atom is -0.396 e. The number of aromatic amines is 1. The van der Waals surface area contributed by atoms with Gasteiger partial charge in [0.05, 0.1) is 43.4 Å². The number of nitrogen functional groups attached to an aromatic ring is 1. The smallest absolute Gasteiger partial charge is 0.328 e. The molecule has 6 rings (SSSR count). The van der Waals surface area contributed by atoms with E-state index in [0.717, 1.165) is 0 Å². The first-order valence-electron chi connectivity index (χ1n) is 12.7. The second-order valence-electron chi connectivity index (χ2n) is 10.1. The maximum Gasteiger partial charge on any atom is 0.328 e. The molecular formula is C22H28N9O9P. The standard InChI is InChI=1S/C22H28N9O9P/c23-18-12-19(25-5-24-18)31(8-28-12)22-16(35)15(34)11(39-22)1-2-41(37,38)40-17-10(3-9(4-32)14(17)33)30-7-29-13-20(30)26-6-27-21(13)36/h5-11,14-17,22,32-35H,1-4H2,(H,37,38)(H2,23,24,25)(H,26,27,36)/t9-,10-,11-,14?,15?,16?,17?,22-/m1/s1. The number of aliphatic hydroxyl groups is 4. The summed E-state index contributed by atoms with van der Waals surface area (Å²) in [7, 11) is -4.44. The van der Waals surface area contributed by atoms with E-state index in [1.165, 1.54) is 34.4 Å². The monoisotopic (exact) mass is 593 g/mol. The Morgan fingerprint density at radius 2 is 1.78 bits per heavy atom. The summed E-state index contributed by atoms with van der Waals surface area (Å²) >= 11 is 0. The molecule has 2 aliphatic rings. The zero-order valence-electron chi connectivity index (χ0n) is 21.3. The quantitative estimate of drug-likeness (QED) is 0.109. The lowest BCUT2D eigenvalue weighted by Gasteiger charge is -2.27. The van der Waals surface area contributed by atoms with Gasteiger partial charge >= 0.3 is 7.60 Å². The number of rotatable bonds is 8. The molecule has 8 N–H and O–H groups in total. The van der Waals surface area contributed by atoms with E-state index in [4.69, 9.17) is 15.0 Å². The van der Waals surface area contributed by atoms with Crippen molar-refractivity contribution in [3.8, 4) is 0 Å². The molecule has 1 saturated carbocycles. The van der Waals surface area contributed by atoms with E-state index >= 15 is 0 Å². The Bertz CT molecular complexity index is 1680. The number of nitrogens with zero attached hydrogens (tertiary/aromatic N) is 7. The van der Waals surface area contributed by atoms with E-state index in [0.29, 0.717) is 0 Å². The van der Waals surface area contributed by atoms with Crippen molar-refractivity contribution in [2.75, 3.05) is 18.5 Å². The van der Waals surface area contributed by atoms with Crippen molar-refractivity contribution >= 4 is 35.7 Å². The number of hydrogen-bond acceptors (Lipinski definition) is 14. The van der Waals surface area contributed by atoms with Crippen LogP contribution >= 0.6 is 7.60 Å². The zero-order valence-corrected chi connectivity index (χ0v) is 22.2. The first-order chi connectivity index (χ1) is 19.6. The van der Waals surface area contributed by atoms with Gasteiger partial charge in [-0.1, -0.05) is 0 Å². The van der Waals surface area contributed by atoms with Gasteiger partial charge in [0.15, 0.2) is 28.9 Å². The molecule has 0 spiro atoms. The summed E-state index contributed by atoms with van der Waals surface area (Å²) in [5.74, 6) is -0.554. The first kappa shape index (κ1) is 27.8. The van der Waals surface area contributed by atoms with Crippen LogP contribution in [0.15, 0.2) is 30.1 Å². The second-order valence-corrected chi connectivity index (χ2v) is 12.1. The van der Waals surface area contributed by atoms with Gasteiger partial charge in [0, 0.05) is 12.5 Å². The second kappa shape index (κ2) is 10.5. The molecule has 220 valence electrons. The zero-order chi connectivity index (χ0) is 29.1. The Morgan fingerprint density at radius 3 is 2.56 bits per heavy atom. The third-order valence-corrected chi connectivity index (χ3v) is 9.08. The number of fused-ring (bicyclic) bond motifs is 2. The molecule has 5 heterocycles. The van der Waals surface area contributed by atoms with Crippen molar-refractivity contribution < 1.29 is 39.1 Å². The molecule has 4 aromatic rings. The third-order valence-electron chi connectivity index (χ3n) is 7.68. The van der Waals surface area contributed by atoms with Crippen molar-refractivity contribution in [3.05, 3.63) is 35.7 Å². The molecule has 41 heavy (non-hydrogen) atoms. The van der Waals surface area contributed by atoms with Crippen molar-refractivity contribution in [2.24, 2.45) is 5.92 Å². The van der Waals surface area contributed by atoms with Crippen LogP contribution in [0, 0.1) is 5.92 Å². The number of imidazole rings is 2. The van der Waals surface area contributed by atoms with Gasteiger partial charge < -0.3 is 49.9 Å². The number of aliphatic hydroxyl groups excluding tert-OH is 4. The number of H-pyrrole nitrogens is 1. The van der Waals surface area contributed by atoms with Crippen LogP contribution in [0.1, 0.15) is 25.1 Å². The van der Waals surface area contributed by atoms with Crippen LogP contribution in [-0.2, 0) is 13.8 Å². The third kappa shape index (κ3) is 4.81. The van der Waals surface area contributed by atoms with Crippen LogP contribution in [0.4, 0.5) is 5.82 Å². The minimum atomic E-state index is -4.44. The lowest BCUT2D eigenvalue weighted by Crippen LogP contribution is -2.34. The van der Waals surface area contributed by atoms with Crippen LogP contribution in [-0.4, -0.2) is 108 Å². The molecule has 1 aliphatic heterocycles. The van der Waals surface area contributed by atoms with Crippen LogP contribution in [0.5, 0.6) is 0 Å². The lowest BCUT2D eigenvalue weighted by molar-refractivity contribution is -0.0360. The number of nitrogens with one attached hydrogen (secondary N) is 1. The van der Waals surface area contributed by atoms with Gasteiger partial charge in [-0.2, -0.15) is 0 Å². The SMILES string of the molecule is Nc1ncnc2c1ncn2[C@@H]1O[C@H](CCP(=O)(O)OC2C(O)[C@@H](CO)C[C@H]2n2cnc3c(=O)[nH]cnc32)C(O)C1O. The Kier molecular flexibility index (Phi) is 7.11. The highest BCUT2D eigenvalue weighted by molar-refractivity contribution is 7.52. The number of hydrogen-bond donors (Lipinski definition) is 7. The van der Waals surface area contributed by atoms with E-state index in [1.54, 1.807) is 0 Å². The molecule has 9 atom stereocenters. The largest absolute Gasteiger partial charge is 0.396 e. The summed E-state index contributed by atoms with van der Waals surface area (Å²) in [6, 6.07) is -0.773. The van der Waals surface area contributed by atoms with Gasteiger partial charge in [-0.3, -0.25) is 13.9 Å². The van der Waals surface area contributed by atoms with Crippen LogP contribution in [0.2, 0.25) is 0 Å². The number of ether oxygens (including phenoxy) is 1. The van der Waals surface area contributed by atoms with Gasteiger partial charge in [-0.25, -0.2) is 24.9 Å². The summed E-state index contributed by atoms with van der Waals surface area (Å²) in [5.41, 5.74) is 6.12.